The normalized spacial score (nSPS) is 16.5. The van der Waals surface area contributed by atoms with E-state index in [9.17, 15) is 9.59 Å². The lowest BCUT2D eigenvalue weighted by Crippen LogP contribution is -2.52. The number of carbonyl (C=O) groups excluding carboxylic acids is 1. The first-order chi connectivity index (χ1) is 6.90. The van der Waals surface area contributed by atoms with Crippen LogP contribution in [0.1, 0.15) is 26.7 Å². The van der Waals surface area contributed by atoms with E-state index in [1.165, 1.54) is 6.92 Å². The van der Waals surface area contributed by atoms with Crippen LogP contribution in [0.4, 0.5) is 0 Å². The number of aliphatic hydroxyl groups excluding tert-OH is 1. The van der Waals surface area contributed by atoms with Gasteiger partial charge in [0.15, 0.2) is 6.04 Å². The topological polar surface area (TPSA) is 113 Å². The summed E-state index contributed by atoms with van der Waals surface area (Å²) in [5, 5.41) is 20.0. The van der Waals surface area contributed by atoms with E-state index in [-0.39, 0.29) is 0 Å². The molecule has 0 heterocycles. The first-order valence-corrected chi connectivity index (χ1v) is 4.87. The van der Waals surface area contributed by atoms with Crippen LogP contribution in [0.15, 0.2) is 0 Å². The third-order valence-corrected chi connectivity index (χ3v) is 1.98. The zero-order valence-corrected chi connectivity index (χ0v) is 8.93. The Labute approximate surface area is 88.5 Å². The summed E-state index contributed by atoms with van der Waals surface area (Å²) in [7, 11) is 0. The molecule has 0 saturated heterocycles. The number of hydrogen-bond acceptors (Lipinski definition) is 4. The predicted molar refractivity (Wildman–Crippen MR) is 54.1 cm³/mol. The summed E-state index contributed by atoms with van der Waals surface area (Å²) in [4.78, 5) is 22.0. The highest BCUT2D eigenvalue weighted by atomic mass is 16.4. The van der Waals surface area contributed by atoms with E-state index in [0.717, 1.165) is 6.42 Å². The minimum atomic E-state index is -1.31. The van der Waals surface area contributed by atoms with Gasteiger partial charge in [-0.15, -0.1) is 0 Å². The van der Waals surface area contributed by atoms with Crippen LogP contribution >= 0.6 is 0 Å². The molecule has 0 aromatic carbocycles. The number of amides is 1. The fourth-order valence-corrected chi connectivity index (χ4v) is 1.09. The minimum Gasteiger partial charge on any atom is -0.480 e. The monoisotopic (exact) mass is 218 g/mol. The first kappa shape index (κ1) is 13.9. The number of nitrogens with one attached hydrogen (secondary N) is 1. The van der Waals surface area contributed by atoms with Gasteiger partial charge in [-0.2, -0.15) is 0 Å². The molecule has 0 aliphatic rings. The number of aliphatic carboxylic acids is 1. The molecule has 0 aromatic rings. The fourth-order valence-electron chi connectivity index (χ4n) is 1.09. The smallest absolute Gasteiger partial charge is 0.328 e. The van der Waals surface area contributed by atoms with Gasteiger partial charge >= 0.3 is 5.97 Å². The summed E-state index contributed by atoms with van der Waals surface area (Å²) >= 11 is 0. The Morgan fingerprint density at radius 2 is 2.00 bits per heavy atom. The highest BCUT2D eigenvalue weighted by Gasteiger charge is 2.26. The predicted octanol–water partition coefficient (Wildman–Crippen LogP) is -0.936. The molecule has 0 saturated carbocycles. The van der Waals surface area contributed by atoms with Gasteiger partial charge in [-0.3, -0.25) is 4.79 Å². The summed E-state index contributed by atoms with van der Waals surface area (Å²) in [6, 6.07) is -2.03. The molecule has 0 radical (unpaired) electrons. The fraction of sp³-hybridized carbons (Fsp3) is 0.778. The Kier molecular flexibility index (Phi) is 5.88. The van der Waals surface area contributed by atoms with E-state index in [1.807, 2.05) is 6.92 Å². The van der Waals surface area contributed by atoms with Crippen molar-refractivity contribution in [1.29, 1.82) is 0 Å². The third kappa shape index (κ3) is 4.75. The lowest BCUT2D eigenvalue weighted by molar-refractivity contribution is -0.145. The molecule has 0 spiro atoms. The van der Waals surface area contributed by atoms with Crippen molar-refractivity contribution < 1.29 is 19.8 Å². The molecule has 0 fully saturated rings. The Morgan fingerprint density at radius 1 is 1.47 bits per heavy atom. The van der Waals surface area contributed by atoms with Gasteiger partial charge in [-0.05, 0) is 13.3 Å². The van der Waals surface area contributed by atoms with Gasteiger partial charge in [0, 0.05) is 0 Å². The summed E-state index contributed by atoms with van der Waals surface area (Å²) < 4.78 is 0. The molecule has 0 rings (SSSR count). The maximum Gasteiger partial charge on any atom is 0.328 e. The van der Waals surface area contributed by atoms with Crippen molar-refractivity contribution in [3.05, 3.63) is 0 Å². The van der Waals surface area contributed by atoms with Crippen molar-refractivity contribution in [2.45, 2.75) is 44.9 Å². The molecule has 6 heteroatoms. The van der Waals surface area contributed by atoms with E-state index in [0.29, 0.717) is 6.42 Å². The maximum atomic E-state index is 11.3. The molecule has 15 heavy (non-hydrogen) atoms. The lowest BCUT2D eigenvalue weighted by atomic mass is 10.1. The number of carbonyl (C=O) groups is 2. The van der Waals surface area contributed by atoms with Gasteiger partial charge in [-0.1, -0.05) is 13.3 Å². The quantitative estimate of drug-likeness (QED) is 0.460. The number of carboxylic acids is 1. The minimum absolute atomic E-state index is 0.484. The van der Waals surface area contributed by atoms with Crippen LogP contribution < -0.4 is 11.1 Å². The lowest BCUT2D eigenvalue weighted by Gasteiger charge is -2.19. The number of hydrogen-bond donors (Lipinski definition) is 4. The number of aliphatic hydroxyl groups is 1. The van der Waals surface area contributed by atoms with Gasteiger partial charge in [0.05, 0.1) is 12.1 Å². The maximum absolute atomic E-state index is 11.3. The van der Waals surface area contributed by atoms with Gasteiger partial charge < -0.3 is 21.3 Å². The molecule has 6 nitrogen and oxygen atoms in total. The second kappa shape index (κ2) is 6.36. The van der Waals surface area contributed by atoms with E-state index in [4.69, 9.17) is 15.9 Å². The van der Waals surface area contributed by atoms with Crippen molar-refractivity contribution in [2.75, 3.05) is 0 Å². The molecule has 2 unspecified atom stereocenters. The van der Waals surface area contributed by atoms with Crippen LogP contribution in [0.5, 0.6) is 0 Å². The van der Waals surface area contributed by atoms with E-state index >= 15 is 0 Å². The van der Waals surface area contributed by atoms with Crippen LogP contribution in [-0.2, 0) is 9.59 Å². The van der Waals surface area contributed by atoms with Gasteiger partial charge in [0.25, 0.3) is 0 Å². The molecule has 0 bridgehead atoms. The molecule has 5 N–H and O–H groups in total. The average Bonchev–Trinajstić information content (AvgIpc) is 2.12. The Bertz CT molecular complexity index is 230. The van der Waals surface area contributed by atoms with Crippen LogP contribution in [0.3, 0.4) is 0 Å². The van der Waals surface area contributed by atoms with Crippen LogP contribution in [0.2, 0.25) is 0 Å². The van der Waals surface area contributed by atoms with Gasteiger partial charge in [-0.25, -0.2) is 4.79 Å². The molecule has 0 aliphatic carbocycles. The molecule has 0 aliphatic heterocycles. The van der Waals surface area contributed by atoms with Crippen LogP contribution in [0.25, 0.3) is 0 Å². The third-order valence-electron chi connectivity index (χ3n) is 1.98. The second-order valence-electron chi connectivity index (χ2n) is 3.46. The second-order valence-corrected chi connectivity index (χ2v) is 3.46. The number of nitrogens with two attached hydrogens (primary N) is 1. The summed E-state index contributed by atoms with van der Waals surface area (Å²) in [5.74, 6) is -1.83. The Morgan fingerprint density at radius 3 is 2.33 bits per heavy atom. The SMILES string of the molecule is CCC[C@@H](N)C(=O)NC(C(=O)O)C(C)O. The highest BCUT2D eigenvalue weighted by Crippen LogP contribution is 1.97. The van der Waals surface area contributed by atoms with Crippen molar-refractivity contribution in [1.82, 2.24) is 5.32 Å². The molecule has 88 valence electrons. The Hall–Kier alpha value is -1.14. The summed E-state index contributed by atoms with van der Waals surface area (Å²) in [6.45, 7) is 3.17. The summed E-state index contributed by atoms with van der Waals surface area (Å²) in [5.41, 5.74) is 5.49. The van der Waals surface area contributed by atoms with Gasteiger partial charge in [0.2, 0.25) is 5.91 Å². The van der Waals surface area contributed by atoms with E-state index in [2.05, 4.69) is 5.32 Å². The largest absolute Gasteiger partial charge is 0.480 e. The zero-order chi connectivity index (χ0) is 12.0. The average molecular weight is 218 g/mol. The molecule has 0 aromatic heterocycles. The van der Waals surface area contributed by atoms with Gasteiger partial charge in [0.1, 0.15) is 0 Å². The van der Waals surface area contributed by atoms with E-state index < -0.39 is 30.1 Å². The van der Waals surface area contributed by atoms with Crippen molar-refractivity contribution in [3.63, 3.8) is 0 Å². The molecule has 1 amide bonds. The molecular formula is C9H18N2O4. The standard InChI is InChI=1S/C9H18N2O4/c1-3-4-6(10)8(13)11-7(5(2)12)9(14)15/h5-7,12H,3-4,10H2,1-2H3,(H,11,13)(H,14,15)/t5?,6-,7?/m1/s1. The number of carboxylic acid groups (broad SMARTS) is 1. The van der Waals surface area contributed by atoms with Crippen LogP contribution in [-0.4, -0.2) is 40.3 Å². The first-order valence-electron chi connectivity index (χ1n) is 4.87. The molecule has 3 atom stereocenters. The zero-order valence-electron chi connectivity index (χ0n) is 8.93. The van der Waals surface area contributed by atoms with Crippen molar-refractivity contribution >= 4 is 11.9 Å². The van der Waals surface area contributed by atoms with Crippen molar-refractivity contribution in [2.24, 2.45) is 5.73 Å². The molecular weight excluding hydrogens is 200 g/mol. The highest BCUT2D eigenvalue weighted by molar-refractivity contribution is 5.87. The van der Waals surface area contributed by atoms with E-state index in [1.54, 1.807) is 0 Å². The van der Waals surface area contributed by atoms with Crippen LogP contribution in [0, 0.1) is 0 Å². The number of rotatable bonds is 6. The Balaban J connectivity index is 4.29. The van der Waals surface area contributed by atoms with Crippen molar-refractivity contribution in [3.8, 4) is 0 Å². The summed E-state index contributed by atoms with van der Waals surface area (Å²) in [6.07, 6.45) is 0.0687.